The Balaban J connectivity index is 1.64. The topological polar surface area (TPSA) is 118 Å². The zero-order chi connectivity index (χ0) is 19.6. The molecule has 0 radical (unpaired) electrons. The van der Waals surface area contributed by atoms with E-state index in [4.69, 9.17) is 0 Å². The summed E-state index contributed by atoms with van der Waals surface area (Å²) in [6.07, 6.45) is 2.18. The van der Waals surface area contributed by atoms with Gasteiger partial charge < -0.3 is 10.6 Å². The van der Waals surface area contributed by atoms with E-state index in [1.807, 2.05) is 0 Å². The van der Waals surface area contributed by atoms with Gasteiger partial charge in [-0.1, -0.05) is 11.3 Å². The van der Waals surface area contributed by atoms with Crippen LogP contribution in [0.3, 0.4) is 0 Å². The molecule has 1 aromatic carbocycles. The van der Waals surface area contributed by atoms with Gasteiger partial charge >= 0.3 is 0 Å². The van der Waals surface area contributed by atoms with Gasteiger partial charge in [-0.05, 0) is 31.0 Å². The number of rotatable bonds is 6. The molecule has 9 nitrogen and oxygen atoms in total. The average molecular weight is 396 g/mol. The van der Waals surface area contributed by atoms with Crippen LogP contribution in [0.15, 0.2) is 29.3 Å². The third-order valence-electron chi connectivity index (χ3n) is 4.42. The van der Waals surface area contributed by atoms with Crippen LogP contribution in [0.2, 0.25) is 0 Å². The largest absolute Gasteiger partial charge is 0.358 e. The minimum absolute atomic E-state index is 0.0558. The molecule has 3 rings (SSSR count). The van der Waals surface area contributed by atoms with Crippen LogP contribution in [-0.4, -0.2) is 49.0 Å². The van der Waals surface area contributed by atoms with Crippen LogP contribution in [0, 0.1) is 12.7 Å². The van der Waals surface area contributed by atoms with Gasteiger partial charge in [-0.3, -0.25) is 4.79 Å². The number of nitrogens with zero attached hydrogens (tertiary/aromatic N) is 3. The maximum Gasteiger partial charge on any atom is 0.243 e. The Morgan fingerprint density at radius 1 is 1.44 bits per heavy atom. The maximum absolute atomic E-state index is 13.9. The molecule has 27 heavy (non-hydrogen) atoms. The van der Waals surface area contributed by atoms with Crippen molar-refractivity contribution in [3.05, 3.63) is 41.5 Å². The van der Waals surface area contributed by atoms with Crippen LogP contribution in [0.4, 0.5) is 4.39 Å². The fourth-order valence-electron chi connectivity index (χ4n) is 2.94. The molecule has 2 aromatic rings. The first-order valence-corrected chi connectivity index (χ1v) is 9.90. The van der Waals surface area contributed by atoms with Crippen molar-refractivity contribution < 1.29 is 17.6 Å². The first kappa shape index (κ1) is 19.4. The number of amides is 1. The molecular weight excluding hydrogens is 375 g/mol. The van der Waals surface area contributed by atoms with E-state index in [0.717, 1.165) is 0 Å². The number of hydrogen-bond donors (Lipinski definition) is 3. The van der Waals surface area contributed by atoms with E-state index < -0.39 is 20.7 Å². The standard InChI is InChI=1S/C16H21FN6O3S/c1-10-3-4-15(13(17)5-10)27(25,26)20-7-11-9-23(22-21-11)12-6-14(19-8-12)16(24)18-2/h3-5,9,12,14,19-20H,6-8H2,1-2H3,(H,18,24)/t12-,14-/m0/s1. The fourth-order valence-corrected chi connectivity index (χ4v) is 3.99. The highest BCUT2D eigenvalue weighted by atomic mass is 32.2. The van der Waals surface area contributed by atoms with Gasteiger partial charge in [0.2, 0.25) is 15.9 Å². The minimum Gasteiger partial charge on any atom is -0.358 e. The smallest absolute Gasteiger partial charge is 0.243 e. The zero-order valence-corrected chi connectivity index (χ0v) is 15.8. The van der Waals surface area contributed by atoms with E-state index in [1.54, 1.807) is 24.9 Å². The molecule has 1 aliphatic heterocycles. The summed E-state index contributed by atoms with van der Waals surface area (Å²) in [5, 5.41) is 13.6. The predicted molar refractivity (Wildman–Crippen MR) is 94.7 cm³/mol. The molecule has 3 N–H and O–H groups in total. The van der Waals surface area contributed by atoms with E-state index in [0.29, 0.717) is 24.2 Å². The van der Waals surface area contributed by atoms with Gasteiger partial charge in [0.1, 0.15) is 10.7 Å². The monoisotopic (exact) mass is 396 g/mol. The molecule has 1 aromatic heterocycles. The molecule has 1 saturated heterocycles. The van der Waals surface area contributed by atoms with Crippen LogP contribution >= 0.6 is 0 Å². The lowest BCUT2D eigenvalue weighted by molar-refractivity contribution is -0.122. The molecule has 11 heteroatoms. The second kappa shape index (κ2) is 7.71. The van der Waals surface area contributed by atoms with Crippen LogP contribution in [0.25, 0.3) is 0 Å². The SMILES string of the molecule is CNC(=O)[C@@H]1C[C@H](n2cc(CNS(=O)(=O)c3ccc(C)cc3F)nn2)CN1. The lowest BCUT2D eigenvalue weighted by atomic mass is 10.1. The molecule has 1 amide bonds. The third kappa shape index (κ3) is 4.31. The van der Waals surface area contributed by atoms with Gasteiger partial charge in [0.05, 0.1) is 30.5 Å². The highest BCUT2D eigenvalue weighted by molar-refractivity contribution is 7.89. The van der Waals surface area contributed by atoms with Crippen LogP contribution in [0.1, 0.15) is 23.7 Å². The molecule has 2 heterocycles. The molecule has 0 unspecified atom stereocenters. The Morgan fingerprint density at radius 2 is 2.22 bits per heavy atom. The quantitative estimate of drug-likeness (QED) is 0.625. The van der Waals surface area contributed by atoms with Gasteiger partial charge in [0.25, 0.3) is 0 Å². The van der Waals surface area contributed by atoms with Gasteiger partial charge in [-0.25, -0.2) is 22.2 Å². The van der Waals surface area contributed by atoms with Crippen LogP contribution in [-0.2, 0) is 21.4 Å². The van der Waals surface area contributed by atoms with E-state index in [-0.39, 0.29) is 24.5 Å². The highest BCUT2D eigenvalue weighted by Gasteiger charge is 2.30. The number of carbonyl (C=O) groups excluding carboxylic acids is 1. The van der Waals surface area contributed by atoms with E-state index in [2.05, 4.69) is 25.7 Å². The highest BCUT2D eigenvalue weighted by Crippen LogP contribution is 2.19. The number of hydrogen-bond acceptors (Lipinski definition) is 6. The average Bonchev–Trinajstić information content (AvgIpc) is 3.28. The second-order valence-electron chi connectivity index (χ2n) is 6.41. The number of nitrogens with one attached hydrogen (secondary N) is 3. The number of benzene rings is 1. The van der Waals surface area contributed by atoms with Gasteiger partial charge in [-0.15, -0.1) is 5.10 Å². The first-order valence-electron chi connectivity index (χ1n) is 8.41. The summed E-state index contributed by atoms with van der Waals surface area (Å²) >= 11 is 0. The Bertz CT molecular complexity index is 945. The summed E-state index contributed by atoms with van der Waals surface area (Å²) < 4.78 is 42.4. The van der Waals surface area contributed by atoms with E-state index >= 15 is 0 Å². The first-order chi connectivity index (χ1) is 12.8. The van der Waals surface area contributed by atoms with Crippen molar-refractivity contribution in [3.63, 3.8) is 0 Å². The van der Waals surface area contributed by atoms with Gasteiger partial charge in [0, 0.05) is 13.6 Å². The van der Waals surface area contributed by atoms with Crippen LogP contribution in [0.5, 0.6) is 0 Å². The molecule has 0 spiro atoms. The van der Waals surface area contributed by atoms with E-state index in [1.165, 1.54) is 18.2 Å². The minimum atomic E-state index is -4.01. The molecule has 0 bridgehead atoms. The molecule has 0 aliphatic carbocycles. The van der Waals surface area contributed by atoms with Crippen molar-refractivity contribution in [2.75, 3.05) is 13.6 Å². The second-order valence-corrected chi connectivity index (χ2v) is 8.15. The van der Waals surface area contributed by atoms with Crippen molar-refractivity contribution in [3.8, 4) is 0 Å². The molecule has 0 saturated carbocycles. The Labute approximate surface area is 156 Å². The normalized spacial score (nSPS) is 20.0. The van der Waals surface area contributed by atoms with Crippen molar-refractivity contribution in [1.82, 2.24) is 30.3 Å². The van der Waals surface area contributed by atoms with E-state index in [9.17, 15) is 17.6 Å². The molecular formula is C16H21FN6O3S. The number of aromatic nitrogens is 3. The third-order valence-corrected chi connectivity index (χ3v) is 5.86. The number of halogens is 1. The van der Waals surface area contributed by atoms with Crippen molar-refractivity contribution >= 4 is 15.9 Å². The number of aryl methyl sites for hydroxylation is 1. The zero-order valence-electron chi connectivity index (χ0n) is 14.9. The summed E-state index contributed by atoms with van der Waals surface area (Å²) in [5.74, 6) is -0.894. The molecule has 1 fully saturated rings. The molecule has 1 aliphatic rings. The lowest BCUT2D eigenvalue weighted by Gasteiger charge is -2.09. The number of carbonyl (C=O) groups is 1. The summed E-state index contributed by atoms with van der Waals surface area (Å²) in [4.78, 5) is 11.3. The molecule has 2 atom stereocenters. The van der Waals surface area contributed by atoms with Crippen molar-refractivity contribution in [2.24, 2.45) is 0 Å². The van der Waals surface area contributed by atoms with Crippen molar-refractivity contribution in [1.29, 1.82) is 0 Å². The molecule has 146 valence electrons. The van der Waals surface area contributed by atoms with Gasteiger partial charge in [0.15, 0.2) is 0 Å². The van der Waals surface area contributed by atoms with Gasteiger partial charge in [-0.2, -0.15) is 0 Å². The fraction of sp³-hybridized carbons (Fsp3) is 0.438. The summed E-state index contributed by atoms with van der Waals surface area (Å²) in [6, 6.07) is 3.58. The Hall–Kier alpha value is -2.37. The number of sulfonamides is 1. The summed E-state index contributed by atoms with van der Waals surface area (Å²) in [7, 11) is -2.43. The number of likely N-dealkylation sites (N-methyl/N-ethyl adjacent to an activating group) is 1. The predicted octanol–water partition coefficient (Wildman–Crippen LogP) is -0.147. The Morgan fingerprint density at radius 3 is 2.93 bits per heavy atom. The van der Waals surface area contributed by atoms with Crippen molar-refractivity contribution in [2.45, 2.75) is 36.9 Å². The summed E-state index contributed by atoms with van der Waals surface area (Å²) in [6.45, 7) is 2.12. The lowest BCUT2D eigenvalue weighted by Crippen LogP contribution is -2.38. The Kier molecular flexibility index (Phi) is 5.53. The van der Waals surface area contributed by atoms with Crippen LogP contribution < -0.4 is 15.4 Å². The summed E-state index contributed by atoms with van der Waals surface area (Å²) in [5.41, 5.74) is 1.03. The maximum atomic E-state index is 13.9.